The first kappa shape index (κ1) is 20.8. The topological polar surface area (TPSA) is 35.2 Å². The molecule has 5 heteroatoms. The van der Waals surface area contributed by atoms with Crippen LogP contribution < -0.4 is 30.5 Å². The molecule has 0 radical (unpaired) electrons. The van der Waals surface area contributed by atoms with Crippen LogP contribution in [0.2, 0.25) is 0 Å². The Labute approximate surface area is 134 Å². The van der Waals surface area contributed by atoms with Gasteiger partial charge in [-0.1, -0.05) is 0 Å². The second-order valence-electron chi connectivity index (χ2n) is 4.51. The van der Waals surface area contributed by atoms with Crippen LogP contribution in [0.5, 0.6) is 0 Å². The third-order valence-corrected chi connectivity index (χ3v) is 4.88. The molecule has 2 N–H and O–H groups in total. The molecule has 18 heavy (non-hydrogen) atoms. The minimum Gasteiger partial charge on any atom is -1.00 e. The molecule has 0 fully saturated rings. The predicted octanol–water partition coefficient (Wildman–Crippen LogP) is -3.49. The van der Waals surface area contributed by atoms with Crippen molar-refractivity contribution in [3.8, 4) is 0 Å². The van der Waals surface area contributed by atoms with Gasteiger partial charge in [0, 0.05) is 0 Å². The van der Waals surface area contributed by atoms with Crippen molar-refractivity contribution < 1.29 is 27.9 Å². The summed E-state index contributed by atoms with van der Waals surface area (Å²) in [7, 11) is 0. The number of hydrogen-bond donors (Lipinski definition) is 1. The molecule has 0 aliphatic heterocycles. The molecule has 1 aromatic rings. The molecule has 0 bridgehead atoms. The molecule has 0 aromatic heterocycles. The Balaban J connectivity index is 0. The summed E-state index contributed by atoms with van der Waals surface area (Å²) in [5.74, 6) is 0.643. The van der Waals surface area contributed by atoms with Crippen LogP contribution in [0.4, 0.5) is 0 Å². The van der Waals surface area contributed by atoms with Crippen LogP contribution in [0, 0.1) is 5.92 Å². The fraction of sp³-hybridized carbons (Fsp3) is 0.538. The molecule has 2 nitrogen and oxygen atoms in total. The van der Waals surface area contributed by atoms with E-state index in [0.29, 0.717) is 5.92 Å². The maximum Gasteiger partial charge on any atom is -1.00 e. The summed E-state index contributed by atoms with van der Waals surface area (Å²) in [5.41, 5.74) is 8.60. The van der Waals surface area contributed by atoms with Crippen LogP contribution >= 0.6 is 0 Å². The summed E-state index contributed by atoms with van der Waals surface area (Å²) in [5, 5.41) is 0. The molecule has 1 rings (SSSR count). The summed E-state index contributed by atoms with van der Waals surface area (Å²) in [6.07, 6.45) is 0. The molecule has 1 unspecified atom stereocenters. The normalized spacial score (nSPS) is 11.2. The van der Waals surface area contributed by atoms with Gasteiger partial charge in [-0.25, -0.2) is 0 Å². The summed E-state index contributed by atoms with van der Waals surface area (Å²) < 4.78 is 6.88. The quantitative estimate of drug-likeness (QED) is 0.400. The summed E-state index contributed by atoms with van der Waals surface area (Å²) in [6.45, 7) is 7.33. The van der Waals surface area contributed by atoms with Gasteiger partial charge < -0.3 is 24.8 Å². The van der Waals surface area contributed by atoms with Gasteiger partial charge >= 0.3 is 110 Å². The van der Waals surface area contributed by atoms with Gasteiger partial charge in [0.25, 0.3) is 0 Å². The Morgan fingerprint density at radius 1 is 1.17 bits per heavy atom. The third kappa shape index (κ3) is 7.85. The second-order valence-corrected chi connectivity index (χ2v) is 7.17. The fourth-order valence-corrected chi connectivity index (χ4v) is 4.44. The van der Waals surface area contributed by atoms with Crippen molar-refractivity contribution in [3.63, 3.8) is 0 Å². The van der Waals surface area contributed by atoms with Crippen molar-refractivity contribution in [3.05, 3.63) is 35.4 Å². The van der Waals surface area contributed by atoms with E-state index in [2.05, 4.69) is 38.1 Å². The standard InChI is InChI=1S/C9H12N.C4H9O.2ClH.Sn/c1-7-5-3-4-6-9(7)8(2)10;1-4(2)3-5;;;/h3-6,8H,1,10H2,2H3;4H,3H2,1-2H3;2*1H;/q;-1;;;+3/p-2. The maximum atomic E-state index is 5.95. The molecule has 102 valence electrons. The van der Waals surface area contributed by atoms with Crippen molar-refractivity contribution in [2.45, 2.75) is 31.2 Å². The van der Waals surface area contributed by atoms with E-state index in [4.69, 9.17) is 8.81 Å². The van der Waals surface area contributed by atoms with Crippen LogP contribution in [-0.2, 0) is 7.51 Å². The third-order valence-electron chi connectivity index (χ3n) is 2.33. The van der Waals surface area contributed by atoms with Gasteiger partial charge in [0.15, 0.2) is 0 Å². The zero-order valence-electron chi connectivity index (χ0n) is 11.1. The Bertz CT molecular complexity index is 322. The van der Waals surface area contributed by atoms with Crippen LogP contribution in [0.25, 0.3) is 0 Å². The van der Waals surface area contributed by atoms with E-state index in [9.17, 15) is 0 Å². The summed E-state index contributed by atoms with van der Waals surface area (Å²) >= 11 is -0.712. The minimum atomic E-state index is -0.712. The summed E-state index contributed by atoms with van der Waals surface area (Å²) in [4.78, 5) is 0. The van der Waals surface area contributed by atoms with Crippen molar-refractivity contribution in [1.82, 2.24) is 0 Å². The number of rotatable bonds is 6. The van der Waals surface area contributed by atoms with E-state index in [-0.39, 0.29) is 30.9 Å². The second kappa shape index (κ2) is 11.4. The van der Waals surface area contributed by atoms with E-state index in [1.54, 1.807) is 0 Å². The monoisotopic (exact) mass is 397 g/mol. The SMILES string of the molecule is CC(C)C[O][Sn+2][CH2]c1ccccc1C(C)N.[Cl-].[Cl-]. The van der Waals surface area contributed by atoms with Gasteiger partial charge in [0.1, 0.15) is 0 Å². The minimum absolute atomic E-state index is 0. The average molecular weight is 397 g/mol. The zero-order chi connectivity index (χ0) is 12.0. The molecule has 0 spiro atoms. The zero-order valence-corrected chi connectivity index (χ0v) is 15.5. The van der Waals surface area contributed by atoms with Gasteiger partial charge in [0.2, 0.25) is 0 Å². The Morgan fingerprint density at radius 3 is 2.33 bits per heavy atom. The predicted molar refractivity (Wildman–Crippen MR) is 69.3 cm³/mol. The average Bonchev–Trinajstić information content (AvgIpc) is 2.24. The molecule has 1 aromatic carbocycles. The van der Waals surface area contributed by atoms with E-state index in [0.717, 1.165) is 11.0 Å². The number of benzene rings is 1. The Kier molecular flexibility index (Phi) is 13.1. The number of nitrogens with two attached hydrogens (primary N) is 1. The van der Waals surface area contributed by atoms with Gasteiger partial charge in [0.05, 0.1) is 0 Å². The molecule has 0 aliphatic rings. The van der Waals surface area contributed by atoms with E-state index in [1.165, 1.54) is 11.1 Å². The smallest absolute Gasteiger partial charge is 1.00 e. The van der Waals surface area contributed by atoms with Crippen LogP contribution in [0.1, 0.15) is 37.9 Å². The first-order valence-corrected chi connectivity index (χ1v) is 8.97. The van der Waals surface area contributed by atoms with Gasteiger partial charge in [-0.15, -0.1) is 0 Å². The van der Waals surface area contributed by atoms with Crippen LogP contribution in [0.3, 0.4) is 0 Å². The van der Waals surface area contributed by atoms with Gasteiger partial charge in [-0.2, -0.15) is 0 Å². The molecular weight excluding hydrogens is 376 g/mol. The molecule has 0 saturated carbocycles. The van der Waals surface area contributed by atoms with E-state index < -0.39 is 21.6 Å². The van der Waals surface area contributed by atoms with Crippen LogP contribution in [0.15, 0.2) is 24.3 Å². The van der Waals surface area contributed by atoms with Gasteiger partial charge in [-0.05, 0) is 0 Å². The Hall–Kier alpha value is 0.519. The first-order chi connectivity index (χ1) is 7.61. The molecule has 0 aliphatic carbocycles. The number of hydrogen-bond acceptors (Lipinski definition) is 2. The maximum absolute atomic E-state index is 5.95. The fourth-order valence-electron chi connectivity index (χ4n) is 1.49. The largest absolute Gasteiger partial charge is 1.00 e. The van der Waals surface area contributed by atoms with Crippen molar-refractivity contribution >= 4 is 21.6 Å². The molecular formula is C13H21Cl2NOSn. The molecule has 0 saturated heterocycles. The summed E-state index contributed by atoms with van der Waals surface area (Å²) in [6, 6.07) is 8.58. The van der Waals surface area contributed by atoms with Crippen molar-refractivity contribution in [2.75, 3.05) is 6.61 Å². The molecule has 0 heterocycles. The van der Waals surface area contributed by atoms with E-state index in [1.807, 2.05) is 6.92 Å². The van der Waals surface area contributed by atoms with Crippen molar-refractivity contribution in [2.24, 2.45) is 11.7 Å². The number of halogens is 2. The van der Waals surface area contributed by atoms with Crippen LogP contribution in [-0.4, -0.2) is 28.2 Å². The molecule has 1 atom stereocenters. The van der Waals surface area contributed by atoms with E-state index >= 15 is 0 Å². The molecule has 0 amide bonds. The first-order valence-electron chi connectivity index (χ1n) is 5.79. The van der Waals surface area contributed by atoms with Crippen molar-refractivity contribution in [1.29, 1.82) is 0 Å². The Morgan fingerprint density at radius 2 is 1.78 bits per heavy atom. The van der Waals surface area contributed by atoms with Gasteiger partial charge in [-0.3, -0.25) is 0 Å².